The zero-order valence-corrected chi connectivity index (χ0v) is 30.9. The summed E-state index contributed by atoms with van der Waals surface area (Å²) in [6.07, 6.45) is 0. The third-order valence-corrected chi connectivity index (χ3v) is 12.6. The number of hydrogen-bond donors (Lipinski definition) is 0. The van der Waals surface area contributed by atoms with Crippen LogP contribution in [-0.4, -0.2) is 0 Å². The highest BCUT2D eigenvalue weighted by molar-refractivity contribution is 6.02. The van der Waals surface area contributed by atoms with Crippen LogP contribution in [0.25, 0.3) is 44.5 Å². The zero-order chi connectivity index (χ0) is 35.6. The largest absolute Gasteiger partial charge is 0.309 e. The molecule has 0 bridgehead atoms. The number of nitrogens with zero attached hydrogens (tertiary/aromatic N) is 1. The molecule has 0 amide bonds. The highest BCUT2D eigenvalue weighted by Gasteiger charge is 2.47. The zero-order valence-electron chi connectivity index (χ0n) is 30.9. The molecular weight excluding hydrogens is 627 g/mol. The molecule has 1 nitrogen and oxygen atoms in total. The van der Waals surface area contributed by atoms with E-state index < -0.39 is 0 Å². The number of hydrogen-bond acceptors (Lipinski definition) is 1. The fourth-order valence-electron chi connectivity index (χ4n) is 10.1. The van der Waals surface area contributed by atoms with E-state index in [0.717, 1.165) is 0 Å². The number of benzene rings is 7. The van der Waals surface area contributed by atoms with Gasteiger partial charge in [-0.25, -0.2) is 0 Å². The van der Waals surface area contributed by atoms with Crippen LogP contribution in [0.4, 0.5) is 17.1 Å². The molecule has 0 saturated carbocycles. The number of para-hydroxylation sites is 1. The standard InChI is InChI=1S/C51H43N/c1-49(2)41-24-14-10-21-35(41)38-29-28-33(30-44(38)49)52(45-27-17-13-20-34(45)32-18-8-7-9-19-32)48-46-39(36-22-11-15-25-42(36)50(46,3)4)31-40-37-23-12-16-26-43(37)51(5,6)47(40)48/h7-31H,1-6H3. The molecule has 0 unspecified atom stereocenters. The smallest absolute Gasteiger partial charge is 0.0556 e. The molecule has 0 atom stereocenters. The Kier molecular flexibility index (Phi) is 6.39. The Hall–Kier alpha value is -5.66. The summed E-state index contributed by atoms with van der Waals surface area (Å²) in [6.45, 7) is 14.5. The van der Waals surface area contributed by atoms with Gasteiger partial charge in [-0.2, -0.15) is 0 Å². The summed E-state index contributed by atoms with van der Waals surface area (Å²) >= 11 is 0. The normalized spacial score (nSPS) is 16.0. The molecule has 52 heavy (non-hydrogen) atoms. The van der Waals surface area contributed by atoms with Crippen molar-refractivity contribution in [1.82, 2.24) is 0 Å². The van der Waals surface area contributed by atoms with Crippen molar-refractivity contribution in [1.29, 1.82) is 0 Å². The van der Waals surface area contributed by atoms with E-state index in [9.17, 15) is 0 Å². The molecule has 0 aliphatic heterocycles. The van der Waals surface area contributed by atoms with Crippen LogP contribution in [0.2, 0.25) is 0 Å². The Balaban J connectivity index is 1.36. The van der Waals surface area contributed by atoms with Crippen molar-refractivity contribution in [3.63, 3.8) is 0 Å². The molecule has 0 radical (unpaired) electrons. The molecular formula is C51H43N. The average Bonchev–Trinajstić information content (AvgIpc) is 3.65. The van der Waals surface area contributed by atoms with Crippen LogP contribution in [0.1, 0.15) is 74.9 Å². The first-order valence-electron chi connectivity index (χ1n) is 18.7. The van der Waals surface area contributed by atoms with Crippen LogP contribution < -0.4 is 4.90 Å². The van der Waals surface area contributed by atoms with Crippen LogP contribution in [0.15, 0.2) is 152 Å². The second-order valence-electron chi connectivity index (χ2n) is 16.5. The number of anilines is 3. The van der Waals surface area contributed by atoms with Gasteiger partial charge in [-0.1, -0.05) is 169 Å². The van der Waals surface area contributed by atoms with Crippen molar-refractivity contribution in [2.75, 3.05) is 4.90 Å². The first-order valence-corrected chi connectivity index (χ1v) is 18.7. The molecule has 10 rings (SSSR count). The molecule has 1 heteroatoms. The summed E-state index contributed by atoms with van der Waals surface area (Å²) in [5.74, 6) is 0. The summed E-state index contributed by atoms with van der Waals surface area (Å²) in [5.41, 5.74) is 22.0. The molecule has 7 aromatic rings. The van der Waals surface area contributed by atoms with Crippen molar-refractivity contribution in [2.45, 2.75) is 57.8 Å². The fourth-order valence-corrected chi connectivity index (χ4v) is 10.1. The second kappa shape index (κ2) is 10.7. The van der Waals surface area contributed by atoms with E-state index in [4.69, 9.17) is 0 Å². The summed E-state index contributed by atoms with van der Waals surface area (Å²) in [7, 11) is 0. The highest BCUT2D eigenvalue weighted by atomic mass is 15.2. The monoisotopic (exact) mass is 669 g/mol. The molecule has 0 N–H and O–H groups in total. The van der Waals surface area contributed by atoms with Crippen LogP contribution in [-0.2, 0) is 16.2 Å². The lowest BCUT2D eigenvalue weighted by atomic mass is 9.75. The summed E-state index contributed by atoms with van der Waals surface area (Å²) in [4.78, 5) is 2.65. The maximum absolute atomic E-state index is 2.65. The van der Waals surface area contributed by atoms with Gasteiger partial charge < -0.3 is 4.90 Å². The van der Waals surface area contributed by atoms with Gasteiger partial charge in [-0.05, 0) is 96.6 Å². The van der Waals surface area contributed by atoms with Gasteiger partial charge >= 0.3 is 0 Å². The summed E-state index contributed by atoms with van der Waals surface area (Å²) < 4.78 is 0. The highest BCUT2D eigenvalue weighted by Crippen LogP contribution is 2.63. The lowest BCUT2D eigenvalue weighted by Gasteiger charge is -2.38. The van der Waals surface area contributed by atoms with Gasteiger partial charge in [0.2, 0.25) is 0 Å². The summed E-state index contributed by atoms with van der Waals surface area (Å²) in [6, 6.07) is 56.9. The Morgan fingerprint density at radius 2 is 0.788 bits per heavy atom. The van der Waals surface area contributed by atoms with E-state index in [0.29, 0.717) is 0 Å². The Morgan fingerprint density at radius 1 is 0.346 bits per heavy atom. The van der Waals surface area contributed by atoms with Crippen molar-refractivity contribution in [3.8, 4) is 44.5 Å². The predicted octanol–water partition coefficient (Wildman–Crippen LogP) is 13.7. The van der Waals surface area contributed by atoms with E-state index in [-0.39, 0.29) is 16.2 Å². The van der Waals surface area contributed by atoms with Gasteiger partial charge in [0.05, 0.1) is 11.4 Å². The third kappa shape index (κ3) is 4.05. The Bertz CT molecular complexity index is 2520. The molecule has 0 spiro atoms. The van der Waals surface area contributed by atoms with Crippen molar-refractivity contribution in [3.05, 3.63) is 185 Å². The first-order chi connectivity index (χ1) is 25.1. The quantitative estimate of drug-likeness (QED) is 0.180. The molecule has 0 heterocycles. The number of fused-ring (bicyclic) bond motifs is 9. The van der Waals surface area contributed by atoms with Crippen molar-refractivity contribution >= 4 is 17.1 Å². The second-order valence-corrected chi connectivity index (χ2v) is 16.5. The van der Waals surface area contributed by atoms with Crippen molar-refractivity contribution < 1.29 is 0 Å². The summed E-state index contributed by atoms with van der Waals surface area (Å²) in [5, 5.41) is 0. The molecule has 0 aromatic heterocycles. The minimum Gasteiger partial charge on any atom is -0.309 e. The average molecular weight is 670 g/mol. The minimum absolute atomic E-state index is 0.127. The SMILES string of the molecule is CC1(C)c2ccccc2-c2ccc(N(c3ccccc3-c3ccccc3)c3c4c(cc5c3C(C)(C)c3ccccc3-5)-c3ccccc3C4(C)C)cc21. The minimum atomic E-state index is -0.229. The van der Waals surface area contributed by atoms with Gasteiger partial charge in [-0.3, -0.25) is 0 Å². The maximum Gasteiger partial charge on any atom is 0.0556 e. The Labute approximate surface area is 308 Å². The Morgan fingerprint density at radius 3 is 1.37 bits per heavy atom. The van der Waals surface area contributed by atoms with Gasteiger partial charge in [0.25, 0.3) is 0 Å². The first kappa shape index (κ1) is 31.1. The van der Waals surface area contributed by atoms with E-state index in [1.807, 2.05) is 0 Å². The molecule has 3 aliphatic rings. The van der Waals surface area contributed by atoms with Crippen LogP contribution in [0.5, 0.6) is 0 Å². The van der Waals surface area contributed by atoms with Crippen LogP contribution >= 0.6 is 0 Å². The molecule has 252 valence electrons. The number of rotatable bonds is 4. The van der Waals surface area contributed by atoms with Gasteiger partial charge in [-0.15, -0.1) is 0 Å². The topological polar surface area (TPSA) is 3.24 Å². The van der Waals surface area contributed by atoms with Crippen LogP contribution in [0.3, 0.4) is 0 Å². The van der Waals surface area contributed by atoms with Gasteiger partial charge in [0, 0.05) is 27.5 Å². The predicted molar refractivity (Wildman–Crippen MR) is 219 cm³/mol. The van der Waals surface area contributed by atoms with E-state index >= 15 is 0 Å². The lowest BCUT2D eigenvalue weighted by molar-refractivity contribution is 0.640. The van der Waals surface area contributed by atoms with E-state index in [1.54, 1.807) is 0 Å². The van der Waals surface area contributed by atoms with Crippen LogP contribution in [0, 0.1) is 0 Å². The van der Waals surface area contributed by atoms with Gasteiger partial charge in [0.1, 0.15) is 0 Å². The lowest BCUT2D eigenvalue weighted by Crippen LogP contribution is -2.26. The molecule has 3 aliphatic carbocycles. The molecule has 0 saturated heterocycles. The molecule has 0 fully saturated rings. The van der Waals surface area contributed by atoms with Crippen molar-refractivity contribution in [2.24, 2.45) is 0 Å². The van der Waals surface area contributed by atoms with E-state index in [1.165, 1.54) is 95.0 Å². The van der Waals surface area contributed by atoms with Gasteiger partial charge in [0.15, 0.2) is 0 Å². The fraction of sp³-hybridized carbons (Fsp3) is 0.176. The third-order valence-electron chi connectivity index (χ3n) is 12.6. The van der Waals surface area contributed by atoms with E-state index in [2.05, 4.69) is 198 Å². The molecule has 7 aromatic carbocycles. The maximum atomic E-state index is 2.65.